The maximum Gasteiger partial charge on any atom is 0.514 e. The van der Waals surface area contributed by atoms with Gasteiger partial charge in [0.05, 0.1) is 11.5 Å². The molecule has 0 spiro atoms. The number of rotatable bonds is 8. The molecule has 2 aromatic rings. The zero-order valence-electron chi connectivity index (χ0n) is 14.5. The normalized spacial score (nSPS) is 9.96. The molecule has 2 aromatic carbocycles. The van der Waals surface area contributed by atoms with Crippen molar-refractivity contribution in [1.29, 1.82) is 0 Å². The Kier molecular flexibility index (Phi) is 7.12. The number of carbonyl (C=O) groups is 2. The average molecular weight is 375 g/mol. The summed E-state index contributed by atoms with van der Waals surface area (Å²) < 4.78 is 19.9. The second kappa shape index (κ2) is 9.76. The van der Waals surface area contributed by atoms with Gasteiger partial charge in [-0.2, -0.15) is 0 Å². The highest BCUT2D eigenvalue weighted by atomic mass is 16.7. The van der Waals surface area contributed by atoms with Gasteiger partial charge in [-0.25, -0.2) is 9.59 Å². The van der Waals surface area contributed by atoms with E-state index in [1.165, 1.54) is 24.3 Å². The molecule has 27 heavy (non-hydrogen) atoms. The first-order valence-electron chi connectivity index (χ1n) is 7.94. The summed E-state index contributed by atoms with van der Waals surface area (Å²) in [6.07, 6.45) is -0.938. The Bertz CT molecular complexity index is 786. The SMILES string of the molecule is CCOC(=O)COc1ccc(COC(=O)Oc2ccc([N+](=O)[O-])cc2)cc1. The van der Waals surface area contributed by atoms with Crippen molar-refractivity contribution >= 4 is 17.8 Å². The largest absolute Gasteiger partial charge is 0.514 e. The summed E-state index contributed by atoms with van der Waals surface area (Å²) in [4.78, 5) is 32.9. The Balaban J connectivity index is 1.77. The highest BCUT2D eigenvalue weighted by Gasteiger charge is 2.10. The molecule has 0 amide bonds. The minimum atomic E-state index is -0.938. The van der Waals surface area contributed by atoms with E-state index in [9.17, 15) is 19.7 Å². The maximum absolute atomic E-state index is 11.7. The Morgan fingerprint density at radius 1 is 0.963 bits per heavy atom. The van der Waals surface area contributed by atoms with E-state index < -0.39 is 17.0 Å². The van der Waals surface area contributed by atoms with E-state index >= 15 is 0 Å². The van der Waals surface area contributed by atoms with E-state index in [1.807, 2.05) is 0 Å². The Hall–Kier alpha value is -3.62. The van der Waals surface area contributed by atoms with Crippen molar-refractivity contribution in [3.05, 3.63) is 64.2 Å². The quantitative estimate of drug-likeness (QED) is 0.299. The van der Waals surface area contributed by atoms with Crippen molar-refractivity contribution in [2.75, 3.05) is 13.2 Å². The fourth-order valence-corrected chi connectivity index (χ4v) is 1.93. The maximum atomic E-state index is 11.7. The van der Waals surface area contributed by atoms with Crippen LogP contribution in [0.1, 0.15) is 12.5 Å². The van der Waals surface area contributed by atoms with E-state index in [2.05, 4.69) is 0 Å². The molecule has 9 heteroatoms. The molecule has 0 bridgehead atoms. The first-order valence-corrected chi connectivity index (χ1v) is 7.94. The molecule has 0 N–H and O–H groups in total. The number of hydrogen-bond acceptors (Lipinski definition) is 8. The van der Waals surface area contributed by atoms with E-state index in [0.29, 0.717) is 11.3 Å². The predicted molar refractivity (Wildman–Crippen MR) is 92.5 cm³/mol. The molecule has 0 fully saturated rings. The smallest absolute Gasteiger partial charge is 0.482 e. The van der Waals surface area contributed by atoms with Crippen molar-refractivity contribution < 1.29 is 33.5 Å². The Labute approximate surface area is 154 Å². The molecule has 142 valence electrons. The monoisotopic (exact) mass is 375 g/mol. The van der Waals surface area contributed by atoms with Crippen molar-refractivity contribution in [1.82, 2.24) is 0 Å². The van der Waals surface area contributed by atoms with Crippen LogP contribution in [0.3, 0.4) is 0 Å². The van der Waals surface area contributed by atoms with Crippen LogP contribution in [-0.2, 0) is 20.9 Å². The van der Waals surface area contributed by atoms with Crippen molar-refractivity contribution in [3.63, 3.8) is 0 Å². The lowest BCUT2D eigenvalue weighted by atomic mass is 10.2. The summed E-state index contributed by atoms with van der Waals surface area (Å²) in [5.74, 6) is 0.146. The summed E-state index contributed by atoms with van der Waals surface area (Å²) in [6.45, 7) is 1.77. The van der Waals surface area contributed by atoms with Crippen LogP contribution in [0, 0.1) is 10.1 Å². The van der Waals surface area contributed by atoms with Gasteiger partial charge in [-0.1, -0.05) is 12.1 Å². The number of ether oxygens (including phenoxy) is 4. The van der Waals surface area contributed by atoms with Gasteiger partial charge in [0.1, 0.15) is 18.1 Å². The van der Waals surface area contributed by atoms with Crippen LogP contribution in [0.15, 0.2) is 48.5 Å². The molecule has 0 aliphatic carbocycles. The van der Waals surface area contributed by atoms with Crippen LogP contribution in [0.5, 0.6) is 11.5 Å². The lowest BCUT2D eigenvalue weighted by molar-refractivity contribution is -0.384. The topological polar surface area (TPSA) is 114 Å². The minimum Gasteiger partial charge on any atom is -0.482 e. The number of nitro groups is 1. The highest BCUT2D eigenvalue weighted by molar-refractivity contribution is 5.71. The van der Waals surface area contributed by atoms with Crippen LogP contribution in [-0.4, -0.2) is 30.3 Å². The summed E-state index contributed by atoms with van der Waals surface area (Å²) in [7, 11) is 0. The number of nitrogens with zero attached hydrogens (tertiary/aromatic N) is 1. The fourth-order valence-electron chi connectivity index (χ4n) is 1.93. The van der Waals surface area contributed by atoms with E-state index in [4.69, 9.17) is 18.9 Å². The molecule has 0 heterocycles. The third kappa shape index (κ3) is 6.65. The van der Waals surface area contributed by atoms with Gasteiger partial charge < -0.3 is 18.9 Å². The van der Waals surface area contributed by atoms with Crippen molar-refractivity contribution in [2.24, 2.45) is 0 Å². The highest BCUT2D eigenvalue weighted by Crippen LogP contribution is 2.18. The molecule has 0 saturated carbocycles. The molecule has 0 saturated heterocycles. The van der Waals surface area contributed by atoms with Gasteiger partial charge >= 0.3 is 12.1 Å². The second-order valence-corrected chi connectivity index (χ2v) is 5.13. The third-order valence-corrected chi connectivity index (χ3v) is 3.19. The first kappa shape index (κ1) is 19.7. The van der Waals surface area contributed by atoms with E-state index in [-0.39, 0.29) is 31.3 Å². The number of nitro benzene ring substituents is 1. The molecular weight excluding hydrogens is 358 g/mol. The molecule has 0 aliphatic heterocycles. The van der Waals surface area contributed by atoms with Gasteiger partial charge in [0.2, 0.25) is 0 Å². The summed E-state index contributed by atoms with van der Waals surface area (Å²) in [5, 5.41) is 10.6. The Morgan fingerprint density at radius 2 is 1.59 bits per heavy atom. The van der Waals surface area contributed by atoms with Crippen LogP contribution in [0.25, 0.3) is 0 Å². The van der Waals surface area contributed by atoms with Crippen LogP contribution in [0.2, 0.25) is 0 Å². The molecule has 0 aliphatic rings. The summed E-state index contributed by atoms with van der Waals surface area (Å²) in [6, 6.07) is 11.6. The average Bonchev–Trinajstić information content (AvgIpc) is 2.66. The second-order valence-electron chi connectivity index (χ2n) is 5.13. The minimum absolute atomic E-state index is 0.0377. The first-order chi connectivity index (χ1) is 13.0. The zero-order valence-corrected chi connectivity index (χ0v) is 14.5. The number of esters is 1. The summed E-state index contributed by atoms with van der Waals surface area (Å²) >= 11 is 0. The fraction of sp³-hybridized carbons (Fsp3) is 0.222. The predicted octanol–water partition coefficient (Wildman–Crippen LogP) is 3.25. The molecule has 0 aromatic heterocycles. The molecule has 0 unspecified atom stereocenters. The van der Waals surface area contributed by atoms with Crippen molar-refractivity contribution in [3.8, 4) is 11.5 Å². The van der Waals surface area contributed by atoms with Gasteiger partial charge in [0.25, 0.3) is 5.69 Å². The van der Waals surface area contributed by atoms with Crippen LogP contribution < -0.4 is 9.47 Å². The number of hydrogen-bond donors (Lipinski definition) is 0. The zero-order chi connectivity index (χ0) is 19.6. The summed E-state index contributed by atoms with van der Waals surface area (Å²) in [5.41, 5.74) is 0.570. The Morgan fingerprint density at radius 3 is 2.19 bits per heavy atom. The number of non-ortho nitro benzene ring substituents is 1. The molecular formula is C18H17NO8. The lowest BCUT2D eigenvalue weighted by Crippen LogP contribution is -2.14. The standard InChI is InChI=1S/C18H17NO8/c1-2-24-17(20)12-25-15-7-3-13(4-8-15)11-26-18(21)27-16-9-5-14(6-10-16)19(22)23/h3-10H,2,11-12H2,1H3. The number of benzene rings is 2. The van der Waals surface area contributed by atoms with Gasteiger partial charge in [-0.05, 0) is 36.8 Å². The van der Waals surface area contributed by atoms with Gasteiger partial charge in [0, 0.05) is 12.1 Å². The van der Waals surface area contributed by atoms with E-state index in [0.717, 1.165) is 0 Å². The molecule has 0 atom stereocenters. The molecule has 2 rings (SSSR count). The van der Waals surface area contributed by atoms with Crippen LogP contribution >= 0.6 is 0 Å². The van der Waals surface area contributed by atoms with E-state index in [1.54, 1.807) is 31.2 Å². The molecule has 9 nitrogen and oxygen atoms in total. The van der Waals surface area contributed by atoms with Gasteiger partial charge in [-0.3, -0.25) is 10.1 Å². The lowest BCUT2D eigenvalue weighted by Gasteiger charge is -2.08. The molecule has 0 radical (unpaired) electrons. The van der Waals surface area contributed by atoms with Gasteiger partial charge in [-0.15, -0.1) is 0 Å². The third-order valence-electron chi connectivity index (χ3n) is 3.19. The van der Waals surface area contributed by atoms with Crippen LogP contribution in [0.4, 0.5) is 10.5 Å². The van der Waals surface area contributed by atoms with Crippen molar-refractivity contribution in [2.45, 2.75) is 13.5 Å². The number of carbonyl (C=O) groups excluding carboxylic acids is 2. The van der Waals surface area contributed by atoms with Gasteiger partial charge in [0.15, 0.2) is 6.61 Å².